The molecular formula is C26H31NO5. The number of aliphatic hydroxyl groups is 1. The van der Waals surface area contributed by atoms with Crippen molar-refractivity contribution in [2.75, 3.05) is 13.7 Å². The number of hydrogen-bond donors (Lipinski definition) is 2. The lowest BCUT2D eigenvalue weighted by atomic mass is 9.93. The highest BCUT2D eigenvalue weighted by atomic mass is 16.5. The van der Waals surface area contributed by atoms with Crippen molar-refractivity contribution in [2.24, 2.45) is 0 Å². The first kappa shape index (κ1) is 23.4. The Balaban J connectivity index is 2.16. The van der Waals surface area contributed by atoms with Gasteiger partial charge in [-0.25, -0.2) is 0 Å². The van der Waals surface area contributed by atoms with Crippen molar-refractivity contribution in [3.63, 3.8) is 0 Å². The molecule has 1 fully saturated rings. The molecule has 0 radical (unpaired) electrons. The molecule has 1 amide bonds. The number of amides is 1. The van der Waals surface area contributed by atoms with Gasteiger partial charge in [-0.1, -0.05) is 45.7 Å². The van der Waals surface area contributed by atoms with Gasteiger partial charge in [0.25, 0.3) is 11.7 Å². The highest BCUT2D eigenvalue weighted by molar-refractivity contribution is 6.46. The van der Waals surface area contributed by atoms with Crippen molar-refractivity contribution in [2.45, 2.75) is 52.0 Å². The van der Waals surface area contributed by atoms with Crippen LogP contribution < -0.4 is 4.74 Å². The number of likely N-dealkylation sites (tertiary alicyclic amines) is 1. The van der Waals surface area contributed by atoms with E-state index in [2.05, 4.69) is 6.92 Å². The summed E-state index contributed by atoms with van der Waals surface area (Å²) in [7, 11) is 1.59. The summed E-state index contributed by atoms with van der Waals surface area (Å²) in [6.45, 7) is 6.49. The molecule has 6 nitrogen and oxygen atoms in total. The van der Waals surface area contributed by atoms with Crippen LogP contribution >= 0.6 is 0 Å². The summed E-state index contributed by atoms with van der Waals surface area (Å²) in [5.74, 6) is -0.701. The minimum absolute atomic E-state index is 0.0354. The van der Waals surface area contributed by atoms with Crippen LogP contribution in [0.15, 0.2) is 48.0 Å². The molecule has 3 rings (SSSR count). The molecule has 1 atom stereocenters. The van der Waals surface area contributed by atoms with Gasteiger partial charge in [0.2, 0.25) is 0 Å². The van der Waals surface area contributed by atoms with Crippen LogP contribution in [0.2, 0.25) is 0 Å². The van der Waals surface area contributed by atoms with Crippen LogP contribution in [0, 0.1) is 0 Å². The number of hydrogen-bond acceptors (Lipinski definition) is 5. The molecule has 1 unspecified atom stereocenters. The Labute approximate surface area is 189 Å². The number of ether oxygens (including phenoxy) is 1. The zero-order chi connectivity index (χ0) is 23.4. The van der Waals surface area contributed by atoms with Gasteiger partial charge in [0, 0.05) is 12.1 Å². The van der Waals surface area contributed by atoms with Gasteiger partial charge in [-0.2, -0.15) is 0 Å². The number of phenols is 1. The van der Waals surface area contributed by atoms with E-state index in [-0.39, 0.29) is 23.0 Å². The average Bonchev–Trinajstić information content (AvgIpc) is 3.03. The van der Waals surface area contributed by atoms with Crippen LogP contribution in [-0.2, 0) is 9.59 Å². The number of Topliss-reactive ketones (excluding diaryl/α,β-unsaturated/α-hetero) is 1. The second kappa shape index (κ2) is 9.90. The number of nitrogens with zero attached hydrogens (tertiary/aromatic N) is 1. The SMILES string of the molecule is CCCCCN1C(=O)C(=O)/C(=C(\O)c2ccc(OC)c(C(C)C)c2)C1c1cccc(O)c1. The summed E-state index contributed by atoms with van der Waals surface area (Å²) >= 11 is 0. The van der Waals surface area contributed by atoms with E-state index >= 15 is 0 Å². The van der Waals surface area contributed by atoms with Crippen molar-refractivity contribution in [3.05, 3.63) is 64.7 Å². The number of phenolic OH excluding ortho intramolecular Hbond substituents is 1. The van der Waals surface area contributed by atoms with Gasteiger partial charge >= 0.3 is 0 Å². The zero-order valence-electron chi connectivity index (χ0n) is 19.1. The Kier molecular flexibility index (Phi) is 7.23. The fourth-order valence-electron chi connectivity index (χ4n) is 4.17. The average molecular weight is 438 g/mol. The smallest absolute Gasteiger partial charge is 0.295 e. The molecule has 0 spiro atoms. The second-order valence-corrected chi connectivity index (χ2v) is 8.41. The molecule has 0 aromatic heterocycles. The molecule has 2 aromatic rings. The normalized spacial score (nSPS) is 17.9. The van der Waals surface area contributed by atoms with Gasteiger partial charge in [-0.3, -0.25) is 9.59 Å². The molecule has 170 valence electrons. The Hall–Kier alpha value is -3.28. The maximum atomic E-state index is 13.1. The van der Waals surface area contributed by atoms with Crippen LogP contribution in [0.25, 0.3) is 5.76 Å². The summed E-state index contributed by atoms with van der Waals surface area (Å²) in [6.07, 6.45) is 2.65. The number of aromatic hydroxyl groups is 1. The van der Waals surface area contributed by atoms with E-state index < -0.39 is 17.7 Å². The number of carbonyl (C=O) groups is 2. The molecular weight excluding hydrogens is 406 g/mol. The van der Waals surface area contributed by atoms with E-state index in [0.717, 1.165) is 24.8 Å². The topological polar surface area (TPSA) is 87.1 Å². The zero-order valence-corrected chi connectivity index (χ0v) is 19.1. The maximum Gasteiger partial charge on any atom is 0.295 e. The lowest BCUT2D eigenvalue weighted by Crippen LogP contribution is -2.30. The summed E-state index contributed by atoms with van der Waals surface area (Å²) in [4.78, 5) is 27.5. The van der Waals surface area contributed by atoms with E-state index in [4.69, 9.17) is 4.74 Å². The molecule has 32 heavy (non-hydrogen) atoms. The summed E-state index contributed by atoms with van der Waals surface area (Å²) in [5.41, 5.74) is 1.96. The predicted octanol–water partition coefficient (Wildman–Crippen LogP) is 5.14. The predicted molar refractivity (Wildman–Crippen MR) is 124 cm³/mol. The third-order valence-corrected chi connectivity index (χ3v) is 5.85. The Morgan fingerprint density at radius 3 is 2.50 bits per heavy atom. The largest absolute Gasteiger partial charge is 0.508 e. The third-order valence-electron chi connectivity index (χ3n) is 5.85. The van der Waals surface area contributed by atoms with E-state index in [1.165, 1.54) is 17.0 Å². The molecule has 0 aliphatic carbocycles. The third kappa shape index (κ3) is 4.49. The van der Waals surface area contributed by atoms with Crippen molar-refractivity contribution in [1.82, 2.24) is 4.90 Å². The van der Waals surface area contributed by atoms with E-state index in [9.17, 15) is 19.8 Å². The molecule has 1 aliphatic heterocycles. The fourth-order valence-corrected chi connectivity index (χ4v) is 4.17. The van der Waals surface area contributed by atoms with Gasteiger partial charge < -0.3 is 19.8 Å². The van der Waals surface area contributed by atoms with Gasteiger partial charge in [0.05, 0.1) is 18.7 Å². The molecule has 1 heterocycles. The number of rotatable bonds is 8. The Morgan fingerprint density at radius 2 is 1.88 bits per heavy atom. The van der Waals surface area contributed by atoms with Gasteiger partial charge in [-0.15, -0.1) is 0 Å². The summed E-state index contributed by atoms with van der Waals surface area (Å²) in [5, 5.41) is 21.3. The molecule has 0 bridgehead atoms. The molecule has 1 saturated heterocycles. The Bertz CT molecular complexity index is 1040. The van der Waals surface area contributed by atoms with Crippen LogP contribution in [0.1, 0.15) is 68.7 Å². The van der Waals surface area contributed by atoms with Gasteiger partial charge in [-0.05, 0) is 53.8 Å². The first-order valence-corrected chi connectivity index (χ1v) is 11.1. The van der Waals surface area contributed by atoms with Gasteiger partial charge in [0.15, 0.2) is 0 Å². The van der Waals surface area contributed by atoms with Crippen LogP contribution in [0.3, 0.4) is 0 Å². The summed E-state index contributed by atoms with van der Waals surface area (Å²) in [6, 6.07) is 11.0. The van der Waals surface area contributed by atoms with E-state index in [1.54, 1.807) is 37.4 Å². The standard InChI is InChI=1S/C26H31NO5/c1-5-6-7-13-27-23(17-9-8-10-19(28)14-17)22(25(30)26(27)31)24(29)18-11-12-21(32-4)20(15-18)16(2)3/h8-12,14-16,23,28-29H,5-7,13H2,1-4H3/b24-22-. The molecule has 2 aromatic carbocycles. The highest BCUT2D eigenvalue weighted by Gasteiger charge is 2.45. The number of benzene rings is 2. The van der Waals surface area contributed by atoms with Crippen LogP contribution in [0.4, 0.5) is 0 Å². The van der Waals surface area contributed by atoms with Crippen LogP contribution in [0.5, 0.6) is 11.5 Å². The maximum absolute atomic E-state index is 13.1. The first-order chi connectivity index (χ1) is 15.3. The number of aliphatic hydroxyl groups excluding tert-OH is 1. The van der Waals surface area contributed by atoms with Crippen molar-refractivity contribution in [3.8, 4) is 11.5 Å². The molecule has 1 aliphatic rings. The molecule has 6 heteroatoms. The minimum Gasteiger partial charge on any atom is -0.508 e. The lowest BCUT2D eigenvalue weighted by Gasteiger charge is -2.25. The highest BCUT2D eigenvalue weighted by Crippen LogP contribution is 2.41. The quantitative estimate of drug-likeness (QED) is 0.259. The van der Waals surface area contributed by atoms with Crippen molar-refractivity contribution in [1.29, 1.82) is 0 Å². The van der Waals surface area contributed by atoms with Crippen molar-refractivity contribution < 1.29 is 24.5 Å². The fraction of sp³-hybridized carbons (Fsp3) is 0.385. The van der Waals surface area contributed by atoms with E-state index in [1.807, 2.05) is 13.8 Å². The lowest BCUT2D eigenvalue weighted by molar-refractivity contribution is -0.139. The number of carbonyl (C=O) groups excluding carboxylic acids is 2. The van der Waals surface area contributed by atoms with E-state index in [0.29, 0.717) is 23.4 Å². The first-order valence-electron chi connectivity index (χ1n) is 11.1. The summed E-state index contributed by atoms with van der Waals surface area (Å²) < 4.78 is 5.43. The molecule has 0 saturated carbocycles. The van der Waals surface area contributed by atoms with Gasteiger partial charge in [0.1, 0.15) is 17.3 Å². The molecule has 2 N–H and O–H groups in total. The Morgan fingerprint density at radius 1 is 1.12 bits per heavy atom. The second-order valence-electron chi connectivity index (χ2n) is 8.41. The monoisotopic (exact) mass is 437 g/mol. The number of methoxy groups -OCH3 is 1. The van der Waals surface area contributed by atoms with Crippen LogP contribution in [-0.4, -0.2) is 40.5 Å². The minimum atomic E-state index is -0.761. The number of unbranched alkanes of at least 4 members (excludes halogenated alkanes) is 2. The number of ketones is 1. The van der Waals surface area contributed by atoms with Crippen molar-refractivity contribution >= 4 is 17.4 Å².